The number of imidazole rings is 1. The Kier molecular flexibility index (Phi) is 3.57. The van der Waals surface area contributed by atoms with E-state index in [-0.39, 0.29) is 11.7 Å². The third kappa shape index (κ3) is 2.59. The fourth-order valence-corrected chi connectivity index (χ4v) is 2.89. The average molecular weight is 348 g/mol. The van der Waals surface area contributed by atoms with E-state index in [0.29, 0.717) is 0 Å². The van der Waals surface area contributed by atoms with Gasteiger partial charge in [-0.3, -0.25) is 0 Å². The first-order valence-electron chi connectivity index (χ1n) is 6.39. The van der Waals surface area contributed by atoms with Gasteiger partial charge in [0.15, 0.2) is 0 Å². The average Bonchev–Trinajstić information content (AvgIpc) is 2.85. The molecule has 0 aliphatic rings. The smallest absolute Gasteiger partial charge is 0.323 e. The molecule has 1 unspecified atom stereocenters. The highest BCUT2D eigenvalue weighted by molar-refractivity contribution is 9.10. The lowest BCUT2D eigenvalue weighted by molar-refractivity contribution is 0.414. The minimum atomic E-state index is -0.298. The Bertz CT molecular complexity index is 836. The second kappa shape index (κ2) is 5.38. The molecular formula is C15H14BrN3O2. The zero-order valence-corrected chi connectivity index (χ0v) is 12.9. The second-order valence-electron chi connectivity index (χ2n) is 4.75. The number of hydrogen-bond donors (Lipinski definition) is 3. The van der Waals surface area contributed by atoms with Gasteiger partial charge in [-0.05, 0) is 35.4 Å². The number of aromatic amines is 2. The molecule has 4 N–H and O–H groups in total. The molecule has 21 heavy (non-hydrogen) atoms. The van der Waals surface area contributed by atoms with Crippen molar-refractivity contribution >= 4 is 27.0 Å². The van der Waals surface area contributed by atoms with Crippen LogP contribution in [0.25, 0.3) is 11.0 Å². The highest BCUT2D eigenvalue weighted by atomic mass is 79.9. The van der Waals surface area contributed by atoms with Crippen LogP contribution in [-0.4, -0.2) is 17.1 Å². The topological polar surface area (TPSA) is 83.9 Å². The molecule has 0 radical (unpaired) electrons. The number of nitrogens with two attached hydrogens (primary N) is 1. The summed E-state index contributed by atoms with van der Waals surface area (Å²) < 4.78 is 6.00. The Morgan fingerprint density at radius 1 is 1.14 bits per heavy atom. The van der Waals surface area contributed by atoms with E-state index < -0.39 is 0 Å². The van der Waals surface area contributed by atoms with E-state index in [2.05, 4.69) is 25.9 Å². The Morgan fingerprint density at radius 3 is 2.38 bits per heavy atom. The maximum atomic E-state index is 11.4. The number of fused-ring (bicyclic) bond motifs is 1. The molecule has 3 aromatic rings. The summed E-state index contributed by atoms with van der Waals surface area (Å²) in [7, 11) is 1.63. The highest BCUT2D eigenvalue weighted by Gasteiger charge is 2.14. The lowest BCUT2D eigenvalue weighted by atomic mass is 9.99. The van der Waals surface area contributed by atoms with E-state index in [0.717, 1.165) is 32.4 Å². The summed E-state index contributed by atoms with van der Waals surface area (Å²) in [5.41, 5.74) is 9.46. The standard InChI is InChI=1S/C15H14BrN3O2/c1-21-9-4-2-8(3-5-9)14(17)10-6-12-13(7-11(10)16)19-15(20)18-12/h2-7,14H,17H2,1H3,(H2,18,19,20). The molecule has 0 saturated carbocycles. The lowest BCUT2D eigenvalue weighted by Crippen LogP contribution is -2.12. The number of ether oxygens (including phenoxy) is 1. The molecule has 1 heterocycles. The van der Waals surface area contributed by atoms with Gasteiger partial charge in [-0.2, -0.15) is 0 Å². The van der Waals surface area contributed by atoms with E-state index >= 15 is 0 Å². The van der Waals surface area contributed by atoms with Crippen LogP contribution in [0.1, 0.15) is 17.2 Å². The van der Waals surface area contributed by atoms with Crippen LogP contribution in [0.4, 0.5) is 0 Å². The fourth-order valence-electron chi connectivity index (χ4n) is 2.30. The van der Waals surface area contributed by atoms with Gasteiger partial charge in [-0.15, -0.1) is 0 Å². The molecule has 0 spiro atoms. The van der Waals surface area contributed by atoms with Gasteiger partial charge in [0.05, 0.1) is 24.2 Å². The first-order chi connectivity index (χ1) is 10.1. The van der Waals surface area contributed by atoms with E-state index in [1.165, 1.54) is 0 Å². The molecule has 0 amide bonds. The molecule has 0 aliphatic heterocycles. The molecule has 0 aliphatic carbocycles. The number of aromatic nitrogens is 2. The zero-order valence-electron chi connectivity index (χ0n) is 11.3. The molecule has 0 saturated heterocycles. The quantitative estimate of drug-likeness (QED) is 0.680. The summed E-state index contributed by atoms with van der Waals surface area (Å²) in [5, 5.41) is 0. The van der Waals surface area contributed by atoms with Gasteiger partial charge in [0.25, 0.3) is 0 Å². The molecule has 2 aromatic carbocycles. The highest BCUT2D eigenvalue weighted by Crippen LogP contribution is 2.30. The molecule has 0 fully saturated rings. The van der Waals surface area contributed by atoms with E-state index in [9.17, 15) is 4.79 Å². The number of H-pyrrole nitrogens is 2. The van der Waals surface area contributed by atoms with Gasteiger partial charge < -0.3 is 20.4 Å². The summed E-state index contributed by atoms with van der Waals surface area (Å²) in [5.74, 6) is 0.787. The van der Waals surface area contributed by atoms with Gasteiger partial charge >= 0.3 is 5.69 Å². The summed E-state index contributed by atoms with van der Waals surface area (Å²) >= 11 is 3.51. The number of rotatable bonds is 3. The molecule has 6 heteroatoms. The van der Waals surface area contributed by atoms with Gasteiger partial charge in [-0.25, -0.2) is 4.79 Å². The van der Waals surface area contributed by atoms with Crippen LogP contribution >= 0.6 is 15.9 Å². The van der Waals surface area contributed by atoms with Crippen molar-refractivity contribution in [3.05, 3.63) is 62.5 Å². The number of hydrogen-bond acceptors (Lipinski definition) is 3. The summed E-state index contributed by atoms with van der Waals surface area (Å²) in [6.45, 7) is 0. The molecule has 1 aromatic heterocycles. The number of benzene rings is 2. The van der Waals surface area contributed by atoms with Crippen LogP contribution in [0.5, 0.6) is 5.75 Å². The Labute approximate surface area is 129 Å². The van der Waals surface area contributed by atoms with Crippen molar-refractivity contribution in [2.75, 3.05) is 7.11 Å². The molecular weight excluding hydrogens is 334 g/mol. The van der Waals surface area contributed by atoms with Crippen molar-refractivity contribution in [2.45, 2.75) is 6.04 Å². The first kappa shape index (κ1) is 13.9. The minimum Gasteiger partial charge on any atom is -0.497 e. The van der Waals surface area contributed by atoms with Crippen molar-refractivity contribution in [2.24, 2.45) is 5.73 Å². The Morgan fingerprint density at radius 2 is 1.76 bits per heavy atom. The fraction of sp³-hybridized carbons (Fsp3) is 0.133. The minimum absolute atomic E-state index is 0.230. The number of halogens is 1. The number of nitrogens with one attached hydrogen (secondary N) is 2. The van der Waals surface area contributed by atoms with E-state index in [1.54, 1.807) is 7.11 Å². The van der Waals surface area contributed by atoms with Crippen molar-refractivity contribution in [3.63, 3.8) is 0 Å². The van der Waals surface area contributed by atoms with Crippen molar-refractivity contribution in [3.8, 4) is 5.75 Å². The maximum Gasteiger partial charge on any atom is 0.323 e. The van der Waals surface area contributed by atoms with Crippen molar-refractivity contribution in [1.82, 2.24) is 9.97 Å². The van der Waals surface area contributed by atoms with Crippen LogP contribution in [0.15, 0.2) is 45.7 Å². The molecule has 0 bridgehead atoms. The van der Waals surface area contributed by atoms with E-state index in [4.69, 9.17) is 10.5 Å². The van der Waals surface area contributed by atoms with Gasteiger partial charge in [0.1, 0.15) is 5.75 Å². The van der Waals surface area contributed by atoms with Crippen LogP contribution in [0.3, 0.4) is 0 Å². The third-order valence-electron chi connectivity index (χ3n) is 3.44. The van der Waals surface area contributed by atoms with Crippen LogP contribution < -0.4 is 16.2 Å². The van der Waals surface area contributed by atoms with Gasteiger partial charge in [0, 0.05) is 4.47 Å². The lowest BCUT2D eigenvalue weighted by Gasteiger charge is -2.15. The normalized spacial score (nSPS) is 12.5. The van der Waals surface area contributed by atoms with E-state index in [1.807, 2.05) is 36.4 Å². The maximum absolute atomic E-state index is 11.4. The Hall–Kier alpha value is -2.05. The monoisotopic (exact) mass is 347 g/mol. The summed E-state index contributed by atoms with van der Waals surface area (Å²) in [6.07, 6.45) is 0. The number of methoxy groups -OCH3 is 1. The summed E-state index contributed by atoms with van der Waals surface area (Å²) in [4.78, 5) is 16.8. The predicted octanol–water partition coefficient (Wildman–Crippen LogP) is 2.68. The van der Waals surface area contributed by atoms with Crippen molar-refractivity contribution < 1.29 is 4.74 Å². The van der Waals surface area contributed by atoms with Crippen LogP contribution in [-0.2, 0) is 0 Å². The van der Waals surface area contributed by atoms with Gasteiger partial charge in [-0.1, -0.05) is 28.1 Å². The Balaban J connectivity index is 2.04. The molecule has 3 rings (SSSR count). The summed E-state index contributed by atoms with van der Waals surface area (Å²) in [6, 6.07) is 11.0. The van der Waals surface area contributed by atoms with Gasteiger partial charge in [0.2, 0.25) is 0 Å². The second-order valence-corrected chi connectivity index (χ2v) is 5.60. The molecule has 108 valence electrons. The SMILES string of the molecule is COc1ccc(C(N)c2cc3[nH]c(=O)[nH]c3cc2Br)cc1. The van der Waals surface area contributed by atoms with Crippen molar-refractivity contribution in [1.29, 1.82) is 0 Å². The largest absolute Gasteiger partial charge is 0.497 e. The van der Waals surface area contributed by atoms with Crippen LogP contribution in [0, 0.1) is 0 Å². The van der Waals surface area contributed by atoms with Crippen LogP contribution in [0.2, 0.25) is 0 Å². The first-order valence-corrected chi connectivity index (χ1v) is 7.19. The third-order valence-corrected chi connectivity index (χ3v) is 4.13. The zero-order chi connectivity index (χ0) is 15.0. The molecule has 5 nitrogen and oxygen atoms in total. The molecule has 1 atom stereocenters. The predicted molar refractivity (Wildman–Crippen MR) is 85.6 cm³/mol.